The van der Waals surface area contributed by atoms with Gasteiger partial charge in [-0.3, -0.25) is 9.59 Å². The van der Waals surface area contributed by atoms with Crippen LogP contribution in [0.25, 0.3) is 11.0 Å². The van der Waals surface area contributed by atoms with E-state index >= 15 is 0 Å². The van der Waals surface area contributed by atoms with Gasteiger partial charge in [0.15, 0.2) is 0 Å². The fourth-order valence-corrected chi connectivity index (χ4v) is 5.93. The summed E-state index contributed by atoms with van der Waals surface area (Å²) in [6.07, 6.45) is 5.88. The van der Waals surface area contributed by atoms with E-state index in [-0.39, 0.29) is 18.2 Å². The SMILES string of the molecule is Cc1ccc2c(CC(=O)Nc3sc4c(c3C(=O)NCc3ccccc3)CCCC4)coc2c1C. The van der Waals surface area contributed by atoms with Crippen LogP contribution >= 0.6 is 11.3 Å². The number of anilines is 1. The number of benzene rings is 2. The molecule has 0 aliphatic heterocycles. The topological polar surface area (TPSA) is 71.3 Å². The Labute approximate surface area is 203 Å². The number of nitrogens with one attached hydrogen (secondary N) is 2. The Morgan fingerprint density at radius 2 is 1.82 bits per heavy atom. The molecule has 2 aromatic carbocycles. The first-order valence-electron chi connectivity index (χ1n) is 11.7. The van der Waals surface area contributed by atoms with Crippen molar-refractivity contribution in [3.63, 3.8) is 0 Å². The summed E-state index contributed by atoms with van der Waals surface area (Å²) < 4.78 is 5.77. The second-order valence-electron chi connectivity index (χ2n) is 8.95. The first kappa shape index (κ1) is 22.4. The lowest BCUT2D eigenvalue weighted by Crippen LogP contribution is -2.25. The van der Waals surface area contributed by atoms with Gasteiger partial charge in [0.2, 0.25) is 5.91 Å². The van der Waals surface area contributed by atoms with E-state index in [2.05, 4.69) is 16.7 Å². The smallest absolute Gasteiger partial charge is 0.254 e. The van der Waals surface area contributed by atoms with Crippen molar-refractivity contribution in [2.75, 3.05) is 5.32 Å². The number of carbonyl (C=O) groups excluding carboxylic acids is 2. The third-order valence-corrected chi connectivity index (χ3v) is 7.85. The second-order valence-corrected chi connectivity index (χ2v) is 10.1. The summed E-state index contributed by atoms with van der Waals surface area (Å²) >= 11 is 1.54. The molecule has 34 heavy (non-hydrogen) atoms. The molecule has 5 rings (SSSR count). The molecule has 0 radical (unpaired) electrons. The predicted molar refractivity (Wildman–Crippen MR) is 137 cm³/mol. The lowest BCUT2D eigenvalue weighted by Gasteiger charge is -2.13. The number of carbonyl (C=O) groups is 2. The zero-order valence-corrected chi connectivity index (χ0v) is 20.3. The van der Waals surface area contributed by atoms with Crippen LogP contribution in [0.1, 0.15) is 55.9 Å². The van der Waals surface area contributed by atoms with Gasteiger partial charge in [-0.2, -0.15) is 0 Å². The first-order valence-corrected chi connectivity index (χ1v) is 12.6. The molecule has 0 unspecified atom stereocenters. The quantitative estimate of drug-likeness (QED) is 0.356. The monoisotopic (exact) mass is 472 g/mol. The molecule has 6 heteroatoms. The number of rotatable bonds is 6. The minimum absolute atomic E-state index is 0.126. The molecule has 1 aliphatic rings. The van der Waals surface area contributed by atoms with Gasteiger partial charge in [-0.1, -0.05) is 42.5 Å². The maximum Gasteiger partial charge on any atom is 0.254 e. The lowest BCUT2D eigenvalue weighted by atomic mass is 9.95. The van der Waals surface area contributed by atoms with E-state index in [1.165, 1.54) is 4.88 Å². The summed E-state index contributed by atoms with van der Waals surface area (Å²) in [7, 11) is 0. The molecule has 0 saturated carbocycles. The zero-order chi connectivity index (χ0) is 23.7. The number of fused-ring (bicyclic) bond motifs is 2. The molecule has 2 aromatic heterocycles. The Balaban J connectivity index is 1.37. The van der Waals surface area contributed by atoms with Crippen LogP contribution in [0.3, 0.4) is 0 Å². The van der Waals surface area contributed by atoms with Crippen LogP contribution < -0.4 is 10.6 Å². The fourth-order valence-electron chi connectivity index (χ4n) is 4.63. The Morgan fingerprint density at radius 1 is 1.03 bits per heavy atom. The van der Waals surface area contributed by atoms with E-state index in [9.17, 15) is 9.59 Å². The van der Waals surface area contributed by atoms with Crippen LogP contribution in [-0.4, -0.2) is 11.8 Å². The van der Waals surface area contributed by atoms with E-state index < -0.39 is 0 Å². The van der Waals surface area contributed by atoms with E-state index in [4.69, 9.17) is 4.42 Å². The normalized spacial score (nSPS) is 13.0. The summed E-state index contributed by atoms with van der Waals surface area (Å²) in [5.74, 6) is -0.268. The summed E-state index contributed by atoms with van der Waals surface area (Å²) in [6.45, 7) is 4.53. The molecule has 174 valence electrons. The maximum atomic E-state index is 13.2. The third-order valence-electron chi connectivity index (χ3n) is 6.64. The van der Waals surface area contributed by atoms with Gasteiger partial charge in [0.05, 0.1) is 18.2 Å². The molecule has 2 N–H and O–H groups in total. The van der Waals surface area contributed by atoms with Gasteiger partial charge < -0.3 is 15.1 Å². The third kappa shape index (κ3) is 4.38. The highest BCUT2D eigenvalue weighted by atomic mass is 32.1. The Morgan fingerprint density at radius 3 is 2.65 bits per heavy atom. The van der Waals surface area contributed by atoms with Gasteiger partial charge in [0.1, 0.15) is 10.6 Å². The summed E-state index contributed by atoms with van der Waals surface area (Å²) in [5, 5.41) is 7.72. The van der Waals surface area contributed by atoms with E-state index in [0.29, 0.717) is 17.1 Å². The van der Waals surface area contributed by atoms with E-state index in [1.54, 1.807) is 17.6 Å². The van der Waals surface area contributed by atoms with Crippen LogP contribution in [0, 0.1) is 13.8 Å². The number of amides is 2. The van der Waals surface area contributed by atoms with E-state index in [0.717, 1.165) is 64.5 Å². The minimum Gasteiger partial charge on any atom is -0.464 e. The Bertz CT molecular complexity index is 1370. The molecule has 2 heterocycles. The van der Waals surface area contributed by atoms with Crippen LogP contribution in [0.4, 0.5) is 5.00 Å². The highest BCUT2D eigenvalue weighted by Gasteiger charge is 2.26. The fraction of sp³-hybridized carbons (Fsp3) is 0.286. The molecule has 0 atom stereocenters. The average Bonchev–Trinajstić information content (AvgIpc) is 3.41. The molecule has 0 spiro atoms. The molecular formula is C28H28N2O3S. The molecule has 0 fully saturated rings. The highest BCUT2D eigenvalue weighted by molar-refractivity contribution is 7.17. The number of furan rings is 1. The average molecular weight is 473 g/mol. The van der Waals surface area contributed by atoms with Gasteiger partial charge in [-0.25, -0.2) is 0 Å². The molecule has 4 aromatic rings. The van der Waals surface area contributed by atoms with Gasteiger partial charge in [0, 0.05) is 22.4 Å². The lowest BCUT2D eigenvalue weighted by molar-refractivity contribution is -0.115. The molecule has 1 aliphatic carbocycles. The van der Waals surface area contributed by atoms with Crippen molar-refractivity contribution < 1.29 is 14.0 Å². The molecule has 5 nitrogen and oxygen atoms in total. The largest absolute Gasteiger partial charge is 0.464 e. The van der Waals surface area contributed by atoms with Crippen molar-refractivity contribution >= 4 is 39.1 Å². The number of aryl methyl sites for hydroxylation is 3. The molecular weight excluding hydrogens is 444 g/mol. The van der Waals surface area contributed by atoms with Crippen molar-refractivity contribution in [1.29, 1.82) is 0 Å². The standard InChI is InChI=1S/C28H28N2O3S/c1-17-12-13-21-20(16-33-26(21)18(17)2)14-24(31)30-28-25(22-10-6-7-11-23(22)34-28)27(32)29-15-19-8-4-3-5-9-19/h3-5,8-9,12-13,16H,6-7,10-11,14-15H2,1-2H3,(H,29,32)(H,30,31). The van der Waals surface area contributed by atoms with Crippen molar-refractivity contribution in [3.8, 4) is 0 Å². The van der Waals surface area contributed by atoms with Crippen LogP contribution in [-0.2, 0) is 30.6 Å². The van der Waals surface area contributed by atoms with Gasteiger partial charge >= 0.3 is 0 Å². The van der Waals surface area contributed by atoms with Crippen molar-refractivity contribution in [3.05, 3.63) is 87.0 Å². The number of hydrogen-bond acceptors (Lipinski definition) is 4. The van der Waals surface area contributed by atoms with Gasteiger partial charge in [-0.05, 0) is 61.8 Å². The summed E-state index contributed by atoms with van der Waals surface area (Å²) in [6, 6.07) is 13.9. The zero-order valence-electron chi connectivity index (χ0n) is 19.5. The maximum absolute atomic E-state index is 13.2. The highest BCUT2D eigenvalue weighted by Crippen LogP contribution is 2.38. The Kier molecular flexibility index (Phi) is 6.24. The van der Waals surface area contributed by atoms with Crippen LogP contribution in [0.2, 0.25) is 0 Å². The number of hydrogen-bond donors (Lipinski definition) is 2. The number of thiophene rings is 1. The van der Waals surface area contributed by atoms with Crippen molar-refractivity contribution in [2.45, 2.75) is 52.5 Å². The van der Waals surface area contributed by atoms with Crippen LogP contribution in [0.5, 0.6) is 0 Å². The molecule has 0 bridgehead atoms. The summed E-state index contributed by atoms with van der Waals surface area (Å²) in [5.41, 5.74) is 6.70. The first-order chi connectivity index (χ1) is 16.5. The van der Waals surface area contributed by atoms with Gasteiger partial charge in [0.25, 0.3) is 5.91 Å². The predicted octanol–water partition coefficient (Wildman–Crippen LogP) is 6.10. The van der Waals surface area contributed by atoms with Crippen molar-refractivity contribution in [1.82, 2.24) is 5.32 Å². The second kappa shape index (κ2) is 9.47. The molecule has 0 saturated heterocycles. The van der Waals surface area contributed by atoms with Crippen LogP contribution in [0.15, 0.2) is 53.1 Å². The van der Waals surface area contributed by atoms with Gasteiger partial charge in [-0.15, -0.1) is 11.3 Å². The van der Waals surface area contributed by atoms with Crippen molar-refractivity contribution in [2.24, 2.45) is 0 Å². The van der Waals surface area contributed by atoms with E-state index in [1.807, 2.05) is 50.2 Å². The Hall–Kier alpha value is -3.38. The minimum atomic E-state index is -0.142. The summed E-state index contributed by atoms with van der Waals surface area (Å²) in [4.78, 5) is 27.5. The molecule has 2 amide bonds.